The lowest BCUT2D eigenvalue weighted by Gasteiger charge is -2.49. The van der Waals surface area contributed by atoms with Crippen molar-refractivity contribution in [3.63, 3.8) is 0 Å². The van der Waals surface area contributed by atoms with Crippen LogP contribution >= 0.6 is 34.9 Å². The number of nitrogens with two attached hydrogens (primary N) is 1. The van der Waals surface area contributed by atoms with Gasteiger partial charge in [-0.2, -0.15) is 0 Å². The van der Waals surface area contributed by atoms with E-state index in [9.17, 15) is 14.4 Å². The summed E-state index contributed by atoms with van der Waals surface area (Å²) >= 11 is 4.10. The number of carbonyl (C=O) groups is 3. The van der Waals surface area contributed by atoms with E-state index in [-0.39, 0.29) is 23.9 Å². The number of aromatic nitrogens is 1. The third-order valence-corrected chi connectivity index (χ3v) is 10.2. The molecule has 2 aliphatic heterocycles. The number of rotatable bonds is 9. The summed E-state index contributed by atoms with van der Waals surface area (Å²) in [5.74, 6) is -0.782. The fourth-order valence-electron chi connectivity index (χ4n) is 4.83. The summed E-state index contributed by atoms with van der Waals surface area (Å²) in [5, 5.41) is 3.00. The number of nitrogens with one attached hydrogen (secondary N) is 1. The molecule has 0 spiro atoms. The lowest BCUT2D eigenvalue weighted by molar-refractivity contribution is -0.154. The van der Waals surface area contributed by atoms with Crippen molar-refractivity contribution in [3.05, 3.63) is 124 Å². The van der Waals surface area contributed by atoms with Crippen LogP contribution in [0.3, 0.4) is 0 Å². The number of hydrogen-bond acceptors (Lipinski definition) is 9. The lowest BCUT2D eigenvalue weighted by Crippen LogP contribution is -2.70. The number of hydrogen-bond donors (Lipinski definition) is 2. The Bertz CT molecular complexity index is 1590. The highest BCUT2D eigenvalue weighted by Crippen LogP contribution is 2.46. The zero-order valence-electron chi connectivity index (χ0n) is 22.2. The molecule has 0 bridgehead atoms. The molecule has 1 aromatic heterocycles. The average molecular weight is 615 g/mol. The quantitative estimate of drug-likeness (QED) is 0.200. The van der Waals surface area contributed by atoms with E-state index in [4.69, 9.17) is 10.5 Å². The third kappa shape index (κ3) is 5.94. The van der Waals surface area contributed by atoms with E-state index in [0.29, 0.717) is 20.0 Å². The van der Waals surface area contributed by atoms with Crippen LogP contribution < -0.4 is 11.1 Å². The SMILES string of the molecule is Nc1cnc(SC2=C(C(=O)OC(c3ccccc3)c3ccccc3)N3C(=O)[C@@H](NC(=O)Cc4ccccc4)[C@H]3SC2)s1. The fourth-order valence-corrected chi connectivity index (χ4v) is 8.23. The maximum absolute atomic E-state index is 14.0. The van der Waals surface area contributed by atoms with Crippen LogP contribution in [0.5, 0.6) is 0 Å². The minimum Gasteiger partial charge on any atom is -0.448 e. The van der Waals surface area contributed by atoms with Crippen molar-refractivity contribution in [2.24, 2.45) is 0 Å². The highest BCUT2D eigenvalue weighted by Gasteiger charge is 2.55. The first-order valence-corrected chi connectivity index (χ1v) is 15.9. The van der Waals surface area contributed by atoms with Gasteiger partial charge in [-0.25, -0.2) is 9.78 Å². The number of carbonyl (C=O) groups excluding carboxylic acids is 3. The zero-order valence-corrected chi connectivity index (χ0v) is 24.7. The maximum atomic E-state index is 14.0. The van der Waals surface area contributed by atoms with Crippen LogP contribution in [0.1, 0.15) is 22.8 Å². The van der Waals surface area contributed by atoms with Gasteiger partial charge in [0.25, 0.3) is 5.91 Å². The predicted molar refractivity (Wildman–Crippen MR) is 165 cm³/mol. The lowest BCUT2D eigenvalue weighted by atomic mass is 10.0. The van der Waals surface area contributed by atoms with E-state index in [2.05, 4.69) is 10.3 Å². The summed E-state index contributed by atoms with van der Waals surface area (Å²) in [6.45, 7) is 0. The molecular weight excluding hydrogens is 589 g/mol. The van der Waals surface area contributed by atoms with Crippen molar-refractivity contribution in [2.45, 2.75) is 28.3 Å². The van der Waals surface area contributed by atoms with Crippen LogP contribution in [0.25, 0.3) is 0 Å². The largest absolute Gasteiger partial charge is 0.448 e. The topological polar surface area (TPSA) is 115 Å². The van der Waals surface area contributed by atoms with Gasteiger partial charge in [0.2, 0.25) is 5.91 Å². The molecule has 2 aliphatic rings. The number of benzene rings is 3. The summed E-state index contributed by atoms with van der Waals surface area (Å²) in [5.41, 5.74) is 8.54. The van der Waals surface area contributed by atoms with Gasteiger partial charge in [0, 0.05) is 10.7 Å². The number of fused-ring (bicyclic) bond motifs is 1. The second kappa shape index (κ2) is 12.4. The summed E-state index contributed by atoms with van der Waals surface area (Å²) in [4.78, 5) is 46.8. The van der Waals surface area contributed by atoms with Gasteiger partial charge < -0.3 is 15.8 Å². The second-order valence-electron chi connectivity index (χ2n) is 9.63. The molecule has 0 unspecified atom stereocenters. The van der Waals surface area contributed by atoms with Crippen LogP contribution in [-0.2, 0) is 25.5 Å². The number of amides is 2. The van der Waals surface area contributed by atoms with Crippen LogP contribution in [0.2, 0.25) is 0 Å². The smallest absolute Gasteiger partial charge is 0.356 e. The molecule has 3 heterocycles. The van der Waals surface area contributed by atoms with Gasteiger partial charge in [-0.05, 0) is 16.7 Å². The first-order chi connectivity index (χ1) is 20.5. The molecule has 6 rings (SSSR count). The average Bonchev–Trinajstić information content (AvgIpc) is 3.43. The summed E-state index contributed by atoms with van der Waals surface area (Å²) < 4.78 is 6.85. The van der Waals surface area contributed by atoms with Gasteiger partial charge in [-0.3, -0.25) is 14.5 Å². The van der Waals surface area contributed by atoms with E-state index in [1.165, 1.54) is 39.8 Å². The first kappa shape index (κ1) is 28.1. The Morgan fingerprint density at radius 3 is 2.21 bits per heavy atom. The van der Waals surface area contributed by atoms with Gasteiger partial charge in [-0.15, -0.1) is 11.8 Å². The molecule has 0 saturated carbocycles. The monoisotopic (exact) mass is 614 g/mol. The molecular formula is C31H26N4O4S3. The van der Waals surface area contributed by atoms with Gasteiger partial charge >= 0.3 is 5.97 Å². The Morgan fingerprint density at radius 2 is 1.62 bits per heavy atom. The normalized spacial score (nSPS) is 17.9. The molecule has 3 aromatic carbocycles. The summed E-state index contributed by atoms with van der Waals surface area (Å²) in [6.07, 6.45) is 1.05. The number of nitrogens with zero attached hydrogens (tertiary/aromatic N) is 2. The highest BCUT2D eigenvalue weighted by atomic mass is 32.2. The minimum absolute atomic E-state index is 0.162. The molecule has 8 nitrogen and oxygen atoms in total. The van der Waals surface area contributed by atoms with Gasteiger partial charge in [-0.1, -0.05) is 114 Å². The van der Waals surface area contributed by atoms with Gasteiger partial charge in [0.15, 0.2) is 10.4 Å². The molecule has 0 aliphatic carbocycles. The zero-order chi connectivity index (χ0) is 29.1. The second-order valence-corrected chi connectivity index (χ2v) is 13.1. The molecule has 4 aromatic rings. The maximum Gasteiger partial charge on any atom is 0.356 e. The highest BCUT2D eigenvalue weighted by molar-refractivity contribution is 8.07. The molecule has 212 valence electrons. The molecule has 42 heavy (non-hydrogen) atoms. The molecule has 1 saturated heterocycles. The Kier molecular flexibility index (Phi) is 8.31. The van der Waals surface area contributed by atoms with E-state index < -0.39 is 23.5 Å². The molecule has 0 radical (unpaired) electrons. The molecule has 3 N–H and O–H groups in total. The molecule has 11 heteroatoms. The number of ether oxygens (including phenoxy) is 1. The number of esters is 1. The minimum atomic E-state index is -0.741. The number of β-lactam (4-membered cyclic amide) rings is 1. The van der Waals surface area contributed by atoms with Crippen LogP contribution in [0.15, 0.2) is 112 Å². The number of anilines is 1. The van der Waals surface area contributed by atoms with Crippen LogP contribution in [0.4, 0.5) is 5.00 Å². The Hall–Kier alpha value is -4.06. The number of nitrogen functional groups attached to an aromatic ring is 1. The third-order valence-electron chi connectivity index (χ3n) is 6.79. The molecule has 2 atom stereocenters. The van der Waals surface area contributed by atoms with Crippen LogP contribution in [-0.4, -0.2) is 44.8 Å². The van der Waals surface area contributed by atoms with Crippen molar-refractivity contribution < 1.29 is 19.1 Å². The number of thioether (sulfide) groups is 2. The number of thiazole rings is 1. The fraction of sp³-hybridized carbons (Fsp3) is 0.161. The first-order valence-electron chi connectivity index (χ1n) is 13.2. The van der Waals surface area contributed by atoms with Gasteiger partial charge in [0.1, 0.15) is 22.1 Å². The molecule has 2 amide bonds. The summed E-state index contributed by atoms with van der Waals surface area (Å²) in [6, 6.07) is 27.6. The Balaban J connectivity index is 1.28. The summed E-state index contributed by atoms with van der Waals surface area (Å²) in [7, 11) is 0. The Morgan fingerprint density at radius 1 is 1.00 bits per heavy atom. The van der Waals surface area contributed by atoms with Crippen molar-refractivity contribution in [1.82, 2.24) is 15.2 Å². The van der Waals surface area contributed by atoms with Crippen molar-refractivity contribution in [1.29, 1.82) is 0 Å². The van der Waals surface area contributed by atoms with Crippen LogP contribution in [0, 0.1) is 0 Å². The molecule has 1 fully saturated rings. The van der Waals surface area contributed by atoms with Crippen molar-refractivity contribution >= 4 is 57.6 Å². The standard InChI is InChI=1S/C31H26N4O4S3/c32-23-17-33-31(42-23)41-22-18-40-29-25(34-24(36)16-19-10-4-1-5-11-19)28(37)35(29)26(22)30(38)39-27(20-12-6-2-7-13-20)21-14-8-3-9-15-21/h1-15,17,25,27,29H,16,18,32H2,(H,34,36)/t25-,29-/m1/s1. The van der Waals surface area contributed by atoms with E-state index in [1.54, 1.807) is 6.20 Å². The predicted octanol–water partition coefficient (Wildman–Crippen LogP) is 5.00. The van der Waals surface area contributed by atoms with Crippen molar-refractivity contribution in [2.75, 3.05) is 11.5 Å². The van der Waals surface area contributed by atoms with E-state index in [0.717, 1.165) is 16.7 Å². The van der Waals surface area contributed by atoms with E-state index >= 15 is 0 Å². The van der Waals surface area contributed by atoms with Gasteiger partial charge in [0.05, 0.1) is 12.6 Å². The van der Waals surface area contributed by atoms with Crippen molar-refractivity contribution in [3.8, 4) is 0 Å². The van der Waals surface area contributed by atoms with E-state index in [1.807, 2.05) is 91.0 Å². The Labute approximate surface area is 255 Å².